The number of nitrogens with one attached hydrogen (secondary N) is 2. The second-order valence-electron chi connectivity index (χ2n) is 4.10. The number of carbonyl (C=O) groups excluding carboxylic acids is 1. The van der Waals surface area contributed by atoms with Gasteiger partial charge in [-0.15, -0.1) is 0 Å². The molecule has 1 aliphatic heterocycles. The molecule has 1 heterocycles. The normalized spacial score (nSPS) is 19.8. The third kappa shape index (κ3) is 2.97. The van der Waals surface area contributed by atoms with Gasteiger partial charge in [0.15, 0.2) is 0 Å². The smallest absolute Gasteiger partial charge is 0.241 e. The Balaban J connectivity index is 2.03. The van der Waals surface area contributed by atoms with Gasteiger partial charge in [-0.25, -0.2) is 0 Å². The van der Waals surface area contributed by atoms with Crippen LogP contribution in [-0.4, -0.2) is 25.6 Å². The van der Waals surface area contributed by atoms with E-state index in [0.717, 1.165) is 30.9 Å². The second kappa shape index (κ2) is 5.68. The van der Waals surface area contributed by atoms with Crippen LogP contribution in [0.2, 0.25) is 0 Å². The third-order valence-corrected chi connectivity index (χ3v) is 2.72. The maximum Gasteiger partial charge on any atom is 0.241 e. The van der Waals surface area contributed by atoms with Crippen molar-refractivity contribution in [3.05, 3.63) is 29.8 Å². The minimum Gasteiger partial charge on any atom is -0.494 e. The van der Waals surface area contributed by atoms with Crippen molar-refractivity contribution in [2.24, 2.45) is 0 Å². The molecule has 1 aliphatic rings. The number of rotatable bonds is 4. The minimum absolute atomic E-state index is 0.0403. The van der Waals surface area contributed by atoms with Crippen molar-refractivity contribution < 1.29 is 9.53 Å². The fourth-order valence-electron chi connectivity index (χ4n) is 1.84. The van der Waals surface area contributed by atoms with E-state index in [1.54, 1.807) is 0 Å². The van der Waals surface area contributed by atoms with E-state index in [9.17, 15) is 4.79 Å². The molecule has 1 atom stereocenters. The maximum atomic E-state index is 11.6. The van der Waals surface area contributed by atoms with Gasteiger partial charge in [-0.2, -0.15) is 0 Å². The Hall–Kier alpha value is -1.55. The summed E-state index contributed by atoms with van der Waals surface area (Å²) in [7, 11) is 0. The Morgan fingerprint density at radius 1 is 1.29 bits per heavy atom. The Labute approximate surface area is 101 Å². The molecular formula is C13H18N2O2. The third-order valence-electron chi connectivity index (χ3n) is 2.72. The van der Waals surface area contributed by atoms with Gasteiger partial charge >= 0.3 is 0 Å². The molecule has 1 unspecified atom stereocenters. The standard InChI is InChI=1S/C13H18N2O2/c1-2-9-17-11-5-3-10(4-6-11)12-13(16)15-8-7-14-12/h3-6,12,14H,2,7-9H2,1H3,(H,15,16). The van der Waals surface area contributed by atoms with Crippen molar-refractivity contribution in [2.45, 2.75) is 19.4 Å². The van der Waals surface area contributed by atoms with E-state index in [2.05, 4.69) is 17.6 Å². The molecule has 0 saturated carbocycles. The SMILES string of the molecule is CCCOc1ccc(C2NCCNC2=O)cc1. The first kappa shape index (κ1) is 11.9. The number of benzene rings is 1. The molecule has 0 bridgehead atoms. The van der Waals surface area contributed by atoms with Crippen LogP contribution in [0.3, 0.4) is 0 Å². The molecule has 2 N–H and O–H groups in total. The van der Waals surface area contributed by atoms with E-state index in [-0.39, 0.29) is 11.9 Å². The lowest BCUT2D eigenvalue weighted by Gasteiger charge is -2.23. The highest BCUT2D eigenvalue weighted by Gasteiger charge is 2.22. The summed E-state index contributed by atoms with van der Waals surface area (Å²) in [5.74, 6) is 0.894. The summed E-state index contributed by atoms with van der Waals surface area (Å²) in [6.07, 6.45) is 0.994. The monoisotopic (exact) mass is 234 g/mol. The molecule has 4 heteroatoms. The molecule has 0 radical (unpaired) electrons. The van der Waals surface area contributed by atoms with Gasteiger partial charge in [0.05, 0.1) is 6.61 Å². The lowest BCUT2D eigenvalue weighted by atomic mass is 10.0. The van der Waals surface area contributed by atoms with Crippen LogP contribution in [0.1, 0.15) is 24.9 Å². The van der Waals surface area contributed by atoms with Crippen molar-refractivity contribution in [3.63, 3.8) is 0 Å². The second-order valence-corrected chi connectivity index (χ2v) is 4.10. The molecule has 0 aliphatic carbocycles. The average Bonchev–Trinajstić information content (AvgIpc) is 2.38. The van der Waals surface area contributed by atoms with Crippen LogP contribution in [0.15, 0.2) is 24.3 Å². The van der Waals surface area contributed by atoms with Gasteiger partial charge in [-0.1, -0.05) is 19.1 Å². The zero-order chi connectivity index (χ0) is 12.1. The predicted octanol–water partition coefficient (Wildman–Crippen LogP) is 1.24. The molecule has 2 rings (SSSR count). The summed E-state index contributed by atoms with van der Waals surface area (Å²) in [5, 5.41) is 6.04. The van der Waals surface area contributed by atoms with Crippen LogP contribution >= 0.6 is 0 Å². The van der Waals surface area contributed by atoms with Crippen molar-refractivity contribution in [1.82, 2.24) is 10.6 Å². The maximum absolute atomic E-state index is 11.6. The predicted molar refractivity (Wildman–Crippen MR) is 66.0 cm³/mol. The van der Waals surface area contributed by atoms with Crippen LogP contribution in [0.5, 0.6) is 5.75 Å². The molecule has 0 aromatic heterocycles. The van der Waals surface area contributed by atoms with Crippen molar-refractivity contribution >= 4 is 5.91 Å². The summed E-state index contributed by atoms with van der Waals surface area (Å²) in [4.78, 5) is 11.6. The van der Waals surface area contributed by atoms with Crippen LogP contribution in [0.25, 0.3) is 0 Å². The van der Waals surface area contributed by atoms with Gasteiger partial charge in [0, 0.05) is 13.1 Å². The Morgan fingerprint density at radius 2 is 2.06 bits per heavy atom. The number of piperazine rings is 1. The van der Waals surface area contributed by atoms with Gasteiger partial charge < -0.3 is 15.4 Å². The fourth-order valence-corrected chi connectivity index (χ4v) is 1.84. The van der Waals surface area contributed by atoms with E-state index in [1.807, 2.05) is 24.3 Å². The highest BCUT2D eigenvalue weighted by atomic mass is 16.5. The molecule has 0 spiro atoms. The number of ether oxygens (including phenoxy) is 1. The fraction of sp³-hybridized carbons (Fsp3) is 0.462. The summed E-state index contributed by atoms with van der Waals surface area (Å²) in [6.45, 7) is 4.31. The zero-order valence-corrected chi connectivity index (χ0v) is 10.0. The first-order valence-corrected chi connectivity index (χ1v) is 6.05. The Kier molecular flexibility index (Phi) is 3.98. The van der Waals surface area contributed by atoms with Gasteiger partial charge in [-0.05, 0) is 24.1 Å². The lowest BCUT2D eigenvalue weighted by Crippen LogP contribution is -2.47. The Bertz CT molecular complexity index is 376. The number of carbonyl (C=O) groups is 1. The van der Waals surface area contributed by atoms with Crippen molar-refractivity contribution in [1.29, 1.82) is 0 Å². The molecule has 4 nitrogen and oxygen atoms in total. The highest BCUT2D eigenvalue weighted by Crippen LogP contribution is 2.19. The molecule has 92 valence electrons. The van der Waals surface area contributed by atoms with Crippen molar-refractivity contribution in [3.8, 4) is 5.75 Å². The quantitative estimate of drug-likeness (QED) is 0.824. The Morgan fingerprint density at radius 3 is 2.71 bits per heavy atom. The van der Waals surface area contributed by atoms with E-state index in [1.165, 1.54) is 0 Å². The largest absolute Gasteiger partial charge is 0.494 e. The molecular weight excluding hydrogens is 216 g/mol. The number of amides is 1. The highest BCUT2D eigenvalue weighted by molar-refractivity contribution is 5.83. The van der Waals surface area contributed by atoms with Gasteiger partial charge in [0.2, 0.25) is 5.91 Å². The molecule has 1 amide bonds. The molecule has 1 aromatic carbocycles. The lowest BCUT2D eigenvalue weighted by molar-refractivity contribution is -0.124. The van der Waals surface area contributed by atoms with Gasteiger partial charge in [0.25, 0.3) is 0 Å². The van der Waals surface area contributed by atoms with Crippen molar-refractivity contribution in [2.75, 3.05) is 19.7 Å². The summed E-state index contributed by atoms with van der Waals surface area (Å²) in [6, 6.07) is 7.47. The van der Waals surface area contributed by atoms with Crippen LogP contribution in [0, 0.1) is 0 Å². The number of hydrogen-bond acceptors (Lipinski definition) is 3. The van der Waals surface area contributed by atoms with E-state index in [0.29, 0.717) is 6.54 Å². The number of hydrogen-bond donors (Lipinski definition) is 2. The summed E-state index contributed by atoms with van der Waals surface area (Å²) < 4.78 is 5.50. The van der Waals surface area contributed by atoms with Crippen LogP contribution < -0.4 is 15.4 Å². The van der Waals surface area contributed by atoms with E-state index >= 15 is 0 Å². The van der Waals surface area contributed by atoms with Crippen LogP contribution in [-0.2, 0) is 4.79 Å². The molecule has 1 saturated heterocycles. The van der Waals surface area contributed by atoms with Gasteiger partial charge in [-0.3, -0.25) is 4.79 Å². The van der Waals surface area contributed by atoms with Gasteiger partial charge in [0.1, 0.15) is 11.8 Å². The molecule has 1 fully saturated rings. The first-order chi connectivity index (χ1) is 8.31. The average molecular weight is 234 g/mol. The first-order valence-electron chi connectivity index (χ1n) is 6.05. The minimum atomic E-state index is -0.232. The van der Waals surface area contributed by atoms with E-state index < -0.39 is 0 Å². The molecule has 1 aromatic rings. The summed E-state index contributed by atoms with van der Waals surface area (Å²) in [5.41, 5.74) is 0.978. The van der Waals surface area contributed by atoms with Crippen LogP contribution in [0.4, 0.5) is 0 Å². The summed E-state index contributed by atoms with van der Waals surface area (Å²) >= 11 is 0. The zero-order valence-electron chi connectivity index (χ0n) is 10.0. The topological polar surface area (TPSA) is 50.4 Å². The van der Waals surface area contributed by atoms with E-state index in [4.69, 9.17) is 4.74 Å². The molecule has 17 heavy (non-hydrogen) atoms.